The number of sulfonamides is 1. The number of hydrogen-bond donors (Lipinski definition) is 2. The molecule has 0 unspecified atom stereocenters. The van der Waals surface area contributed by atoms with Crippen molar-refractivity contribution < 1.29 is 17.9 Å². The van der Waals surface area contributed by atoms with Gasteiger partial charge in [0.05, 0.1) is 35.0 Å². The molecule has 0 saturated heterocycles. The molecule has 10 heteroatoms. The molecule has 2 N–H and O–H groups in total. The molecule has 3 aromatic rings. The molecule has 1 aliphatic rings. The molecular formula is C16H18N4O5S. The highest BCUT2D eigenvalue weighted by Crippen LogP contribution is 2.27. The predicted molar refractivity (Wildman–Crippen MR) is 91.9 cm³/mol. The smallest absolute Gasteiger partial charge is 0.408 e. The maximum atomic E-state index is 13.2. The highest BCUT2D eigenvalue weighted by atomic mass is 32.2. The molecule has 0 fully saturated rings. The van der Waals surface area contributed by atoms with E-state index >= 15 is 0 Å². The Morgan fingerprint density at radius 3 is 2.88 bits per heavy atom. The third-order valence-electron chi connectivity index (χ3n) is 4.53. The maximum absolute atomic E-state index is 13.2. The summed E-state index contributed by atoms with van der Waals surface area (Å²) in [6, 6.07) is 4.70. The van der Waals surface area contributed by atoms with Crippen molar-refractivity contribution in [2.24, 2.45) is 0 Å². The van der Waals surface area contributed by atoms with E-state index in [1.54, 1.807) is 23.7 Å². The van der Waals surface area contributed by atoms with E-state index in [4.69, 9.17) is 4.42 Å². The number of hydrogen-bond acceptors (Lipinski definition) is 6. The highest BCUT2D eigenvalue weighted by Gasteiger charge is 2.30. The number of aryl methyl sites for hydroxylation is 2. The number of aromatic nitrogens is 3. The molecule has 9 nitrogen and oxygen atoms in total. The Morgan fingerprint density at radius 2 is 2.12 bits per heavy atom. The molecule has 0 spiro atoms. The van der Waals surface area contributed by atoms with E-state index in [1.807, 2.05) is 0 Å². The molecule has 3 heterocycles. The summed E-state index contributed by atoms with van der Waals surface area (Å²) in [5.74, 6) is -0.621. The number of aliphatic hydroxyl groups is 1. The van der Waals surface area contributed by atoms with E-state index in [-0.39, 0.29) is 23.6 Å². The number of nitrogens with zero attached hydrogens (tertiary/aromatic N) is 3. The molecule has 0 atom stereocenters. The Morgan fingerprint density at radius 1 is 1.31 bits per heavy atom. The first-order valence-corrected chi connectivity index (χ1v) is 9.62. The van der Waals surface area contributed by atoms with Crippen molar-refractivity contribution in [3.63, 3.8) is 0 Å². The third-order valence-corrected chi connectivity index (χ3v) is 6.51. The lowest BCUT2D eigenvalue weighted by Crippen LogP contribution is -2.31. The average Bonchev–Trinajstić information content (AvgIpc) is 3.08. The topological polar surface area (TPSA) is 121 Å². The molecule has 0 aliphatic carbocycles. The van der Waals surface area contributed by atoms with E-state index in [0.717, 1.165) is 5.69 Å². The van der Waals surface area contributed by atoms with Crippen LogP contribution in [0.1, 0.15) is 23.4 Å². The van der Waals surface area contributed by atoms with Crippen molar-refractivity contribution in [3.8, 4) is 0 Å². The summed E-state index contributed by atoms with van der Waals surface area (Å²) in [7, 11) is -3.78. The van der Waals surface area contributed by atoms with Gasteiger partial charge in [0.1, 0.15) is 0 Å². The lowest BCUT2D eigenvalue weighted by Gasteiger charge is -2.20. The van der Waals surface area contributed by atoms with Crippen LogP contribution in [0.5, 0.6) is 0 Å². The molecule has 1 aromatic carbocycles. The summed E-state index contributed by atoms with van der Waals surface area (Å²) in [6.07, 6.45) is 0.610. The van der Waals surface area contributed by atoms with Crippen LogP contribution >= 0.6 is 0 Å². The van der Waals surface area contributed by atoms with Gasteiger partial charge in [-0.3, -0.25) is 9.67 Å². The van der Waals surface area contributed by atoms with Crippen molar-refractivity contribution in [1.29, 1.82) is 0 Å². The van der Waals surface area contributed by atoms with E-state index in [9.17, 15) is 18.3 Å². The summed E-state index contributed by atoms with van der Waals surface area (Å²) >= 11 is 0. The average molecular weight is 378 g/mol. The minimum atomic E-state index is -3.78. The number of fused-ring (bicyclic) bond motifs is 2. The lowest BCUT2D eigenvalue weighted by molar-refractivity contribution is 0.275. The molecule has 26 heavy (non-hydrogen) atoms. The number of aromatic amines is 1. The van der Waals surface area contributed by atoms with Gasteiger partial charge in [-0.1, -0.05) is 0 Å². The summed E-state index contributed by atoms with van der Waals surface area (Å²) < 4.78 is 34.6. The zero-order valence-electron chi connectivity index (χ0n) is 14.1. The van der Waals surface area contributed by atoms with E-state index in [2.05, 4.69) is 10.1 Å². The summed E-state index contributed by atoms with van der Waals surface area (Å²) in [5.41, 5.74) is 2.46. The maximum Gasteiger partial charge on any atom is 0.417 e. The number of aliphatic hydroxyl groups excluding tert-OH is 1. The fourth-order valence-electron chi connectivity index (χ4n) is 3.28. The predicted octanol–water partition coefficient (Wildman–Crippen LogP) is 0.713. The summed E-state index contributed by atoms with van der Waals surface area (Å²) in [6.45, 7) is 2.61. The number of rotatable bonds is 3. The van der Waals surface area contributed by atoms with Gasteiger partial charge in [-0.15, -0.1) is 0 Å². The van der Waals surface area contributed by atoms with Gasteiger partial charge in [-0.25, -0.2) is 13.2 Å². The van der Waals surface area contributed by atoms with Gasteiger partial charge >= 0.3 is 5.76 Å². The number of oxazole rings is 1. The van der Waals surface area contributed by atoms with E-state index in [1.165, 1.54) is 10.4 Å². The van der Waals surface area contributed by atoms with Crippen LogP contribution in [0.3, 0.4) is 0 Å². The van der Waals surface area contributed by atoms with Crippen molar-refractivity contribution in [2.45, 2.75) is 37.9 Å². The van der Waals surface area contributed by atoms with Crippen LogP contribution in [0.15, 0.2) is 32.3 Å². The monoisotopic (exact) mass is 378 g/mol. The molecule has 0 bridgehead atoms. The molecule has 4 rings (SSSR count). The Labute approximate surface area is 148 Å². The fourth-order valence-corrected chi connectivity index (χ4v) is 4.95. The van der Waals surface area contributed by atoms with Crippen LogP contribution in [0.2, 0.25) is 0 Å². The molecular weight excluding hydrogens is 360 g/mol. The zero-order chi connectivity index (χ0) is 18.5. The number of benzene rings is 1. The van der Waals surface area contributed by atoms with Gasteiger partial charge in [-0.05, 0) is 31.0 Å². The zero-order valence-corrected chi connectivity index (χ0v) is 14.9. The quantitative estimate of drug-likeness (QED) is 0.692. The molecule has 2 aromatic heterocycles. The Kier molecular flexibility index (Phi) is 3.98. The van der Waals surface area contributed by atoms with Crippen molar-refractivity contribution >= 4 is 21.1 Å². The summed E-state index contributed by atoms with van der Waals surface area (Å²) in [5, 5.41) is 13.5. The van der Waals surface area contributed by atoms with Crippen LogP contribution in [-0.2, 0) is 29.7 Å². The number of nitrogens with one attached hydrogen (secondary N) is 1. The minimum absolute atomic E-state index is 0.114. The summed E-state index contributed by atoms with van der Waals surface area (Å²) in [4.78, 5) is 14.0. The lowest BCUT2D eigenvalue weighted by atomic mass is 10.2. The molecule has 1 aliphatic heterocycles. The highest BCUT2D eigenvalue weighted by molar-refractivity contribution is 7.89. The molecule has 0 saturated carbocycles. The van der Waals surface area contributed by atoms with Gasteiger partial charge in [0.15, 0.2) is 5.58 Å². The molecule has 0 radical (unpaired) electrons. The van der Waals surface area contributed by atoms with Crippen LogP contribution < -0.4 is 5.76 Å². The van der Waals surface area contributed by atoms with E-state index in [0.29, 0.717) is 36.3 Å². The van der Waals surface area contributed by atoms with Crippen LogP contribution in [0, 0.1) is 6.92 Å². The van der Waals surface area contributed by atoms with Crippen molar-refractivity contribution in [1.82, 2.24) is 19.1 Å². The van der Waals surface area contributed by atoms with Crippen molar-refractivity contribution in [3.05, 3.63) is 45.7 Å². The van der Waals surface area contributed by atoms with Gasteiger partial charge in [0.2, 0.25) is 10.0 Å². The van der Waals surface area contributed by atoms with Gasteiger partial charge in [-0.2, -0.15) is 9.40 Å². The molecule has 0 amide bonds. The normalized spacial score (nSPS) is 15.9. The van der Waals surface area contributed by atoms with Crippen LogP contribution in [-0.4, -0.2) is 39.1 Å². The van der Waals surface area contributed by atoms with Gasteiger partial charge < -0.3 is 9.52 Å². The second-order valence-electron chi connectivity index (χ2n) is 6.33. The number of H-pyrrole nitrogens is 1. The Balaban J connectivity index is 1.76. The first kappa shape index (κ1) is 17.0. The first-order valence-electron chi connectivity index (χ1n) is 8.18. The standard InChI is InChI=1S/C16H18N4O5S/c1-10-5-13-14(25-16(22)17-13)7-15(10)26(23,24)19-3-2-4-20-12(8-19)6-11(9-21)18-20/h5-7,21H,2-4,8-9H2,1H3,(H,17,22). The second kappa shape index (κ2) is 6.08. The van der Waals surface area contributed by atoms with Gasteiger partial charge in [0, 0.05) is 19.2 Å². The first-order chi connectivity index (χ1) is 12.4. The van der Waals surface area contributed by atoms with E-state index < -0.39 is 15.8 Å². The Bertz CT molecular complexity index is 1140. The van der Waals surface area contributed by atoms with Crippen molar-refractivity contribution in [2.75, 3.05) is 6.54 Å². The Hall–Kier alpha value is -2.43. The SMILES string of the molecule is Cc1cc2[nH]c(=O)oc2cc1S(=O)(=O)N1CCCn2nc(CO)cc2C1. The fraction of sp³-hybridized carbons (Fsp3) is 0.375. The largest absolute Gasteiger partial charge is 0.417 e. The van der Waals surface area contributed by atoms with Crippen LogP contribution in [0.25, 0.3) is 11.1 Å². The third kappa shape index (κ3) is 2.75. The van der Waals surface area contributed by atoms with Crippen LogP contribution in [0.4, 0.5) is 0 Å². The molecule has 138 valence electrons. The van der Waals surface area contributed by atoms with Gasteiger partial charge in [0.25, 0.3) is 0 Å². The minimum Gasteiger partial charge on any atom is -0.408 e. The second-order valence-corrected chi connectivity index (χ2v) is 8.24.